The number of carbonyl (C=O) groups is 2. The zero-order valence-corrected chi connectivity index (χ0v) is 20.7. The second kappa shape index (κ2) is 11.8. The normalized spacial score (nSPS) is 15.6. The van der Waals surface area contributed by atoms with Crippen molar-refractivity contribution in [3.63, 3.8) is 0 Å². The predicted molar refractivity (Wildman–Crippen MR) is 134 cm³/mol. The third-order valence-corrected chi connectivity index (χ3v) is 6.26. The van der Waals surface area contributed by atoms with Crippen LogP contribution in [-0.4, -0.2) is 30.4 Å². The lowest BCUT2D eigenvalue weighted by Gasteiger charge is -2.31. The highest BCUT2D eigenvalue weighted by Gasteiger charge is 2.38. The molecule has 1 unspecified atom stereocenters. The Hall–Kier alpha value is -3.21. The van der Waals surface area contributed by atoms with Gasteiger partial charge in [-0.1, -0.05) is 71.9 Å². The van der Waals surface area contributed by atoms with E-state index in [2.05, 4.69) is 11.4 Å². The van der Waals surface area contributed by atoms with E-state index in [4.69, 9.17) is 21.1 Å². The van der Waals surface area contributed by atoms with E-state index in [1.54, 1.807) is 45.0 Å². The number of ether oxygens (including phenoxy) is 2. The SMILES string of the molecule is CCOC(=O)C1=C(c2ccccc2)NC(SCC(=O)OC(C)C)=C(C#N)C1c1ccccc1Cl. The first-order valence-corrected chi connectivity index (χ1v) is 12.2. The summed E-state index contributed by atoms with van der Waals surface area (Å²) < 4.78 is 10.6. The van der Waals surface area contributed by atoms with Gasteiger partial charge in [0.15, 0.2) is 0 Å². The molecule has 0 fully saturated rings. The van der Waals surface area contributed by atoms with Crippen LogP contribution in [0.15, 0.2) is 70.8 Å². The van der Waals surface area contributed by atoms with E-state index in [0.717, 1.165) is 17.3 Å². The van der Waals surface area contributed by atoms with Crippen molar-refractivity contribution >= 4 is 41.0 Å². The van der Waals surface area contributed by atoms with Gasteiger partial charge < -0.3 is 14.8 Å². The third kappa shape index (κ3) is 5.82. The number of esters is 2. The van der Waals surface area contributed by atoms with Crippen LogP contribution in [0.1, 0.15) is 37.8 Å². The highest BCUT2D eigenvalue weighted by molar-refractivity contribution is 8.03. The van der Waals surface area contributed by atoms with Gasteiger partial charge in [-0.3, -0.25) is 4.79 Å². The number of hydrogen-bond donors (Lipinski definition) is 1. The number of nitrogens with zero attached hydrogens (tertiary/aromatic N) is 1. The van der Waals surface area contributed by atoms with Gasteiger partial charge in [-0.05, 0) is 38.0 Å². The molecule has 1 aliphatic heterocycles. The van der Waals surface area contributed by atoms with E-state index in [-0.39, 0.29) is 29.6 Å². The molecular formula is C26H25ClN2O4S. The molecule has 1 aliphatic rings. The first-order valence-electron chi connectivity index (χ1n) is 10.8. The van der Waals surface area contributed by atoms with E-state index in [1.165, 1.54) is 0 Å². The summed E-state index contributed by atoms with van der Waals surface area (Å²) in [4.78, 5) is 25.5. The minimum Gasteiger partial charge on any atom is -0.463 e. The van der Waals surface area contributed by atoms with Crippen molar-refractivity contribution in [1.29, 1.82) is 5.26 Å². The van der Waals surface area contributed by atoms with Crippen molar-refractivity contribution in [1.82, 2.24) is 5.32 Å². The fourth-order valence-corrected chi connectivity index (χ4v) is 4.67. The molecule has 3 rings (SSSR count). The zero-order valence-electron chi connectivity index (χ0n) is 19.1. The number of rotatable bonds is 8. The molecule has 0 bridgehead atoms. The average Bonchev–Trinajstić information content (AvgIpc) is 2.82. The molecule has 0 amide bonds. The smallest absolute Gasteiger partial charge is 0.337 e. The van der Waals surface area contributed by atoms with Crippen LogP contribution < -0.4 is 5.32 Å². The molecule has 0 saturated heterocycles. The predicted octanol–water partition coefficient (Wildman–Crippen LogP) is 5.42. The number of allylic oxidation sites excluding steroid dienone is 1. The molecular weight excluding hydrogens is 472 g/mol. The van der Waals surface area contributed by atoms with Gasteiger partial charge in [-0.2, -0.15) is 5.26 Å². The van der Waals surface area contributed by atoms with Crippen molar-refractivity contribution in [2.45, 2.75) is 32.8 Å². The van der Waals surface area contributed by atoms with E-state index in [1.807, 2.05) is 30.3 Å². The Balaban J connectivity index is 2.20. The van der Waals surface area contributed by atoms with Gasteiger partial charge in [0.05, 0.1) is 52.3 Å². The van der Waals surface area contributed by atoms with Gasteiger partial charge in [-0.15, -0.1) is 0 Å². The van der Waals surface area contributed by atoms with Crippen LogP contribution in [0.25, 0.3) is 5.70 Å². The lowest BCUT2D eigenvalue weighted by molar-refractivity contribution is -0.144. The fraction of sp³-hybridized carbons (Fsp3) is 0.269. The van der Waals surface area contributed by atoms with Gasteiger partial charge in [0.2, 0.25) is 0 Å². The Labute approximate surface area is 208 Å². The summed E-state index contributed by atoms with van der Waals surface area (Å²) in [5.41, 5.74) is 2.40. The Morgan fingerprint density at radius 1 is 1.15 bits per heavy atom. The minimum atomic E-state index is -0.780. The van der Waals surface area contributed by atoms with Crippen molar-refractivity contribution < 1.29 is 19.1 Å². The molecule has 2 aromatic rings. The largest absolute Gasteiger partial charge is 0.463 e. The first kappa shape index (κ1) is 25.4. The summed E-state index contributed by atoms with van der Waals surface area (Å²) in [6.45, 7) is 5.45. The standard InChI is InChI=1S/C26H25ClN2O4S/c1-4-32-26(31)23-22(18-12-8-9-13-20(18)27)19(14-28)25(34-15-21(30)33-16(2)3)29-24(23)17-10-6-5-7-11-17/h5-13,16,22,29H,4,15H2,1-3H3. The Kier molecular flexibility index (Phi) is 8.80. The number of halogens is 1. The number of thioether (sulfide) groups is 1. The van der Waals surface area contributed by atoms with Crippen molar-refractivity contribution in [3.05, 3.63) is 86.9 Å². The molecule has 2 aromatic carbocycles. The van der Waals surface area contributed by atoms with E-state index >= 15 is 0 Å². The molecule has 0 saturated carbocycles. The number of carbonyl (C=O) groups excluding carboxylic acids is 2. The molecule has 1 heterocycles. The summed E-state index contributed by atoms with van der Waals surface area (Å²) in [5.74, 6) is -1.73. The van der Waals surface area contributed by atoms with Crippen molar-refractivity contribution in [2.75, 3.05) is 12.4 Å². The second-order valence-electron chi connectivity index (χ2n) is 7.64. The maximum absolute atomic E-state index is 13.3. The monoisotopic (exact) mass is 496 g/mol. The maximum Gasteiger partial charge on any atom is 0.337 e. The molecule has 0 radical (unpaired) electrons. The molecule has 1 N–H and O–H groups in total. The van der Waals surface area contributed by atoms with E-state index in [0.29, 0.717) is 21.3 Å². The lowest BCUT2D eigenvalue weighted by atomic mass is 9.81. The summed E-state index contributed by atoms with van der Waals surface area (Å²) in [6, 6.07) is 18.6. The number of nitrogens with one attached hydrogen (secondary N) is 1. The summed E-state index contributed by atoms with van der Waals surface area (Å²) >= 11 is 7.70. The summed E-state index contributed by atoms with van der Waals surface area (Å²) in [6.07, 6.45) is -0.247. The van der Waals surface area contributed by atoms with Crippen molar-refractivity contribution in [3.8, 4) is 6.07 Å². The van der Waals surface area contributed by atoms with Gasteiger partial charge in [0.1, 0.15) is 0 Å². The van der Waals surface area contributed by atoms with Crippen molar-refractivity contribution in [2.24, 2.45) is 0 Å². The Morgan fingerprint density at radius 3 is 2.44 bits per heavy atom. The van der Waals surface area contributed by atoms with Crippen LogP contribution in [0.5, 0.6) is 0 Å². The number of dihydropyridines is 1. The van der Waals surface area contributed by atoms with Gasteiger partial charge in [0, 0.05) is 5.02 Å². The zero-order chi connectivity index (χ0) is 24.7. The minimum absolute atomic E-state index is 0.00224. The molecule has 8 heteroatoms. The molecule has 34 heavy (non-hydrogen) atoms. The lowest BCUT2D eigenvalue weighted by Crippen LogP contribution is -2.29. The van der Waals surface area contributed by atoms with Crippen LogP contribution in [-0.2, 0) is 19.1 Å². The van der Waals surface area contributed by atoms with Crippen LogP contribution in [0.3, 0.4) is 0 Å². The molecule has 1 atom stereocenters. The Bertz CT molecular complexity index is 1170. The Morgan fingerprint density at radius 2 is 1.82 bits per heavy atom. The first-order chi connectivity index (χ1) is 16.4. The maximum atomic E-state index is 13.3. The molecule has 0 aliphatic carbocycles. The van der Waals surface area contributed by atoms with Crippen LogP contribution in [0.4, 0.5) is 0 Å². The van der Waals surface area contributed by atoms with Gasteiger partial charge >= 0.3 is 11.9 Å². The van der Waals surface area contributed by atoms with Gasteiger partial charge in [0.25, 0.3) is 0 Å². The van der Waals surface area contributed by atoms with Gasteiger partial charge in [-0.25, -0.2) is 4.79 Å². The average molecular weight is 497 g/mol. The second-order valence-corrected chi connectivity index (χ2v) is 9.03. The number of benzene rings is 2. The van der Waals surface area contributed by atoms with Crippen LogP contribution >= 0.6 is 23.4 Å². The number of hydrogen-bond acceptors (Lipinski definition) is 7. The van der Waals surface area contributed by atoms with E-state index < -0.39 is 17.9 Å². The summed E-state index contributed by atoms with van der Waals surface area (Å²) in [5, 5.41) is 14.3. The number of nitriles is 1. The highest BCUT2D eigenvalue weighted by atomic mass is 35.5. The summed E-state index contributed by atoms with van der Waals surface area (Å²) in [7, 11) is 0. The van der Waals surface area contributed by atoms with Crippen LogP contribution in [0, 0.1) is 11.3 Å². The highest BCUT2D eigenvalue weighted by Crippen LogP contribution is 2.45. The fourth-order valence-electron chi connectivity index (χ4n) is 3.61. The molecule has 176 valence electrons. The third-order valence-electron chi connectivity index (χ3n) is 4.93. The molecule has 0 spiro atoms. The topological polar surface area (TPSA) is 88.4 Å². The molecule has 6 nitrogen and oxygen atoms in total. The molecule has 0 aromatic heterocycles. The van der Waals surface area contributed by atoms with Crippen LogP contribution in [0.2, 0.25) is 5.02 Å². The quantitative estimate of drug-likeness (QED) is 0.488. The van der Waals surface area contributed by atoms with E-state index in [9.17, 15) is 14.9 Å².